The molecule has 2 saturated heterocycles. The fourth-order valence-electron chi connectivity index (χ4n) is 4.48. The van der Waals surface area contributed by atoms with Gasteiger partial charge in [-0.3, -0.25) is 19.2 Å². The minimum absolute atomic E-state index is 0.0210. The number of Topliss-reactive ketones (excluding diaryl/α,β-unsaturated/α-hetero) is 2. The van der Waals surface area contributed by atoms with Gasteiger partial charge in [0.25, 0.3) is 11.7 Å². The van der Waals surface area contributed by atoms with Gasteiger partial charge in [-0.1, -0.05) is 23.7 Å². The van der Waals surface area contributed by atoms with Gasteiger partial charge in [0, 0.05) is 18.3 Å². The first-order chi connectivity index (χ1) is 22.4. The summed E-state index contributed by atoms with van der Waals surface area (Å²) < 4.78 is -1.49. The van der Waals surface area contributed by atoms with Crippen molar-refractivity contribution in [3.63, 3.8) is 0 Å². The number of aromatic hydroxyl groups is 2. The van der Waals surface area contributed by atoms with Crippen LogP contribution in [0, 0.1) is 11.8 Å². The van der Waals surface area contributed by atoms with Crippen LogP contribution in [-0.2, 0) is 28.8 Å². The molecule has 4 rings (SSSR count). The highest BCUT2D eigenvalue weighted by Gasteiger charge is 2.62. The molecule has 4 atom stereocenters. The van der Waals surface area contributed by atoms with Gasteiger partial charge in [-0.05, 0) is 37.7 Å². The van der Waals surface area contributed by atoms with Gasteiger partial charge in [0.15, 0.2) is 32.2 Å². The molecule has 2 aliphatic heterocycles. The van der Waals surface area contributed by atoms with Gasteiger partial charge in [-0.2, -0.15) is 0 Å². The summed E-state index contributed by atoms with van der Waals surface area (Å²) in [7, 11) is 0. The fraction of sp³-hybridized carbons (Fsp3) is 0.429. The van der Waals surface area contributed by atoms with E-state index in [1.54, 1.807) is 6.92 Å². The normalized spacial score (nSPS) is 21.2. The summed E-state index contributed by atoms with van der Waals surface area (Å²) in [6, 6.07) is 2.11. The molecule has 2 fully saturated rings. The Labute approximate surface area is 290 Å². The zero-order valence-corrected chi connectivity index (χ0v) is 28.7. The van der Waals surface area contributed by atoms with Crippen molar-refractivity contribution in [3.8, 4) is 11.5 Å². The Morgan fingerprint density at radius 2 is 1.96 bits per heavy atom. The smallest absolute Gasteiger partial charge is 0.350 e. The van der Waals surface area contributed by atoms with E-state index in [1.807, 2.05) is 0 Å². The van der Waals surface area contributed by atoms with Crippen molar-refractivity contribution in [2.75, 3.05) is 24.6 Å². The van der Waals surface area contributed by atoms with Gasteiger partial charge in [0.1, 0.15) is 5.69 Å². The second-order valence-electron chi connectivity index (χ2n) is 11.4. The van der Waals surface area contributed by atoms with Gasteiger partial charge in [0.2, 0.25) is 11.5 Å². The molecule has 2 amide bonds. The number of carboxylic acids is 2. The number of amides is 2. The van der Waals surface area contributed by atoms with Crippen LogP contribution in [0.5, 0.6) is 11.5 Å². The summed E-state index contributed by atoms with van der Waals surface area (Å²) >= 11 is 8.94. The number of phenols is 2. The van der Waals surface area contributed by atoms with Crippen LogP contribution in [0.3, 0.4) is 0 Å². The number of thiazole rings is 1. The van der Waals surface area contributed by atoms with E-state index >= 15 is 0 Å². The summed E-state index contributed by atoms with van der Waals surface area (Å²) in [5, 5.41) is 45.4. The number of anilines is 1. The number of phenolic OH excluding ortho intramolecular Hbond substituents is 2. The lowest BCUT2D eigenvalue weighted by Gasteiger charge is -2.41. The van der Waals surface area contributed by atoms with Crippen LogP contribution in [0.2, 0.25) is 5.02 Å². The maximum Gasteiger partial charge on any atom is 0.350 e. The van der Waals surface area contributed by atoms with E-state index in [1.165, 1.54) is 24.1 Å². The van der Waals surface area contributed by atoms with Crippen molar-refractivity contribution in [3.05, 3.63) is 33.8 Å². The van der Waals surface area contributed by atoms with Crippen LogP contribution >= 0.6 is 46.5 Å². The molecule has 2 aromatic rings. The molecule has 0 radical (unpaired) electrons. The van der Waals surface area contributed by atoms with Crippen LogP contribution in [-0.4, -0.2) is 105 Å². The molecule has 1 aromatic heterocycles. The largest absolute Gasteiger partial charge is 0.504 e. The number of carbonyl (C=O) groups is 6. The lowest BCUT2D eigenvalue weighted by atomic mass is 9.90. The quantitative estimate of drug-likeness (QED) is 0.0381. The summed E-state index contributed by atoms with van der Waals surface area (Å²) in [5.41, 5.74) is 3.31. The van der Waals surface area contributed by atoms with Gasteiger partial charge in [-0.15, -0.1) is 34.9 Å². The SMILES string of the molecule is C[C@@H](CNC(=O)C(=O)c1ccc(O)c(O)c1Cl)CS[C@]1(C(=O)O)CN2C(=O)[C@@H](CC(=O)/C(=N\OC(C)(C)C(=O)O)c3csc(N)n3)[C@H]2S1. The highest BCUT2D eigenvalue weighted by Crippen LogP contribution is 2.55. The van der Waals surface area contributed by atoms with Gasteiger partial charge in [0.05, 0.1) is 28.4 Å². The third kappa shape index (κ3) is 7.48. The van der Waals surface area contributed by atoms with E-state index in [0.29, 0.717) is 0 Å². The highest BCUT2D eigenvalue weighted by atomic mass is 35.5. The number of nitrogens with one attached hydrogen (secondary N) is 1. The van der Waals surface area contributed by atoms with E-state index in [4.69, 9.17) is 22.2 Å². The third-order valence-corrected chi connectivity index (χ3v) is 12.1. The predicted octanol–water partition coefficient (Wildman–Crippen LogP) is 2.01. The number of nitrogens with zero attached hydrogens (tertiary/aromatic N) is 3. The molecule has 0 aliphatic carbocycles. The first kappa shape index (κ1) is 36.8. The molecule has 2 aliphatic rings. The summed E-state index contributed by atoms with van der Waals surface area (Å²) in [6.45, 7) is 4.01. The number of carbonyl (C=O) groups excluding carboxylic acids is 4. The number of carboxylic acid groups (broad SMARTS) is 2. The number of nitrogens with two attached hydrogens (primary N) is 1. The molecule has 48 heavy (non-hydrogen) atoms. The number of hydrogen-bond acceptors (Lipinski definition) is 15. The van der Waals surface area contributed by atoms with Gasteiger partial charge < -0.3 is 41.2 Å². The summed E-state index contributed by atoms with van der Waals surface area (Å²) in [4.78, 5) is 85.9. The zero-order valence-electron chi connectivity index (χ0n) is 25.5. The number of benzene rings is 1. The minimum Gasteiger partial charge on any atom is -0.504 e. The minimum atomic E-state index is -1.78. The van der Waals surface area contributed by atoms with Gasteiger partial charge >= 0.3 is 11.9 Å². The number of thioether (sulfide) groups is 2. The van der Waals surface area contributed by atoms with Crippen molar-refractivity contribution in [1.29, 1.82) is 0 Å². The number of aromatic nitrogens is 1. The monoisotopic (exact) mass is 743 g/mol. The van der Waals surface area contributed by atoms with Crippen LogP contribution in [0.25, 0.3) is 0 Å². The molecule has 0 bridgehead atoms. The Bertz CT molecular complexity index is 1720. The molecule has 7 N–H and O–H groups in total. The number of oxime groups is 1. The second kappa shape index (κ2) is 14.2. The lowest BCUT2D eigenvalue weighted by molar-refractivity contribution is -0.161. The molecule has 0 unspecified atom stereocenters. The average molecular weight is 744 g/mol. The number of rotatable bonds is 15. The second-order valence-corrected chi connectivity index (χ2v) is 15.7. The first-order valence-corrected chi connectivity index (χ1v) is 17.1. The molecule has 0 spiro atoms. The van der Waals surface area contributed by atoms with Crippen LogP contribution < -0.4 is 11.1 Å². The Morgan fingerprint density at radius 1 is 1.27 bits per heavy atom. The number of halogens is 1. The Morgan fingerprint density at radius 3 is 2.56 bits per heavy atom. The van der Waals surface area contributed by atoms with E-state index < -0.39 is 72.8 Å². The molecule has 258 valence electrons. The Hall–Kier alpha value is -4.07. The topological polar surface area (TPSA) is 259 Å². The summed E-state index contributed by atoms with van der Waals surface area (Å²) in [5.74, 6) is -8.05. The standard InChI is InChI=1S/C28H30ClN5O11S3/c1-11(7-31-21(39)19(37)12-4-5-15(35)20(38)17(12)29)8-47-28(25(43)44)10-34-22(40)13(23(34)48-28)6-16(36)18(14-9-46-26(30)32-14)33-45-27(2,3)24(41)42/h4-5,9,11,13,23,35,38H,6-8,10H2,1-3H3,(H2,30,32)(H,31,39)(H,41,42)(H,43,44)/b33-18-/t11-,13+,23+,28+/m0/s1. The molecular formula is C28H30ClN5O11S3. The van der Waals surface area contributed by atoms with E-state index in [-0.39, 0.29) is 53.3 Å². The number of fused-ring (bicyclic) bond motifs is 1. The maximum absolute atomic E-state index is 13.4. The number of hydrogen-bond donors (Lipinski definition) is 6. The van der Waals surface area contributed by atoms with E-state index in [0.717, 1.165) is 47.0 Å². The maximum atomic E-state index is 13.4. The lowest BCUT2D eigenvalue weighted by Crippen LogP contribution is -2.57. The third-order valence-electron chi connectivity index (χ3n) is 7.34. The molecule has 16 nitrogen and oxygen atoms in total. The van der Waals surface area contributed by atoms with Crippen molar-refractivity contribution in [2.45, 2.75) is 42.2 Å². The van der Waals surface area contributed by atoms with Crippen molar-refractivity contribution in [1.82, 2.24) is 15.2 Å². The molecule has 1 aromatic carbocycles. The molecule has 3 heterocycles. The first-order valence-electron chi connectivity index (χ1n) is 14.0. The van der Waals surface area contributed by atoms with E-state index in [2.05, 4.69) is 15.5 Å². The molecular weight excluding hydrogens is 714 g/mol. The number of β-lactam (4-membered cyclic amide) rings is 1. The van der Waals surface area contributed by atoms with Gasteiger partial charge in [-0.25, -0.2) is 14.6 Å². The predicted molar refractivity (Wildman–Crippen MR) is 176 cm³/mol. The van der Waals surface area contributed by atoms with Crippen LogP contribution in [0.4, 0.5) is 5.13 Å². The Balaban J connectivity index is 1.38. The number of nitrogen functional groups attached to an aromatic ring is 1. The fourth-order valence-corrected chi connectivity index (χ4v) is 8.46. The highest BCUT2D eigenvalue weighted by molar-refractivity contribution is 8.19. The molecule has 20 heteroatoms. The van der Waals surface area contributed by atoms with Crippen molar-refractivity contribution < 1.29 is 54.0 Å². The Kier molecular flexibility index (Phi) is 10.9. The van der Waals surface area contributed by atoms with E-state index in [9.17, 15) is 49.2 Å². The molecule has 0 saturated carbocycles. The van der Waals surface area contributed by atoms with Crippen molar-refractivity contribution in [2.24, 2.45) is 17.0 Å². The number of aliphatic carboxylic acids is 2. The average Bonchev–Trinajstić information content (AvgIpc) is 3.62. The van der Waals surface area contributed by atoms with Crippen molar-refractivity contribution >= 4 is 92.6 Å². The van der Waals surface area contributed by atoms with Crippen LogP contribution in [0.15, 0.2) is 22.7 Å². The van der Waals surface area contributed by atoms with Crippen LogP contribution in [0.1, 0.15) is 43.2 Å². The summed E-state index contributed by atoms with van der Waals surface area (Å²) in [6.07, 6.45) is -0.375. The number of ketones is 2. The zero-order chi connectivity index (χ0) is 35.7.